The topological polar surface area (TPSA) is 111 Å². The number of allylic oxidation sites excluding steroid dienone is 1. The van der Waals surface area contributed by atoms with Crippen LogP contribution in [-0.4, -0.2) is 72.6 Å². The van der Waals surface area contributed by atoms with E-state index in [1.807, 2.05) is 36.4 Å². The van der Waals surface area contributed by atoms with Crippen molar-refractivity contribution >= 4 is 38.0 Å². The van der Waals surface area contributed by atoms with Gasteiger partial charge in [0, 0.05) is 5.56 Å². The van der Waals surface area contributed by atoms with Gasteiger partial charge in [0.25, 0.3) is 6.01 Å². The summed E-state index contributed by atoms with van der Waals surface area (Å²) in [6.07, 6.45) is 0.654. The van der Waals surface area contributed by atoms with Gasteiger partial charge in [-0.05, 0) is 35.3 Å². The molecule has 178 valence electrons. The van der Waals surface area contributed by atoms with Gasteiger partial charge in [-0.15, -0.1) is 0 Å². The fourth-order valence-corrected chi connectivity index (χ4v) is 6.20. The van der Waals surface area contributed by atoms with Crippen LogP contribution in [0, 0.1) is 0 Å². The lowest BCUT2D eigenvalue weighted by atomic mass is 9.98. The van der Waals surface area contributed by atoms with Crippen molar-refractivity contribution in [2.24, 2.45) is 0 Å². The predicted molar refractivity (Wildman–Crippen MR) is 128 cm³/mol. The van der Waals surface area contributed by atoms with E-state index < -0.39 is 15.9 Å². The highest BCUT2D eigenvalue weighted by Gasteiger charge is 2.48. The Bertz CT molecular complexity index is 1380. The molecule has 4 heterocycles. The maximum Gasteiger partial charge on any atom is 0.295 e. The zero-order valence-corrected chi connectivity index (χ0v) is 19.7. The molecule has 2 aromatic carbocycles. The number of aromatic amines is 1. The van der Waals surface area contributed by atoms with E-state index in [4.69, 9.17) is 25.8 Å². The van der Waals surface area contributed by atoms with Gasteiger partial charge in [0.15, 0.2) is 15.9 Å². The number of rotatable bonds is 4. The van der Waals surface area contributed by atoms with Gasteiger partial charge in [-0.2, -0.15) is 4.98 Å². The molecule has 10 heteroatoms. The van der Waals surface area contributed by atoms with Crippen LogP contribution < -0.4 is 4.74 Å². The van der Waals surface area contributed by atoms with Crippen molar-refractivity contribution in [2.75, 3.05) is 24.7 Å². The summed E-state index contributed by atoms with van der Waals surface area (Å²) in [5, 5.41) is 10.5. The number of ether oxygens (including phenoxy) is 3. The Labute approximate surface area is 201 Å². The molecule has 0 unspecified atom stereocenters. The first-order valence-electron chi connectivity index (χ1n) is 11.1. The lowest BCUT2D eigenvalue weighted by Crippen LogP contribution is -2.34. The largest absolute Gasteiger partial charge is 0.456 e. The molecule has 0 bridgehead atoms. The average molecular weight is 503 g/mol. The Hall–Kier alpha value is -2.43. The molecule has 0 spiro atoms. The molecule has 34 heavy (non-hydrogen) atoms. The number of sulfone groups is 1. The number of aliphatic hydroxyl groups is 1. The van der Waals surface area contributed by atoms with Crippen molar-refractivity contribution in [3.05, 3.63) is 53.1 Å². The lowest BCUT2D eigenvalue weighted by Gasteiger charge is -2.15. The third kappa shape index (κ3) is 4.01. The number of nitrogens with one attached hydrogen (secondary N) is 1. The van der Waals surface area contributed by atoms with Crippen LogP contribution in [-0.2, 0) is 19.3 Å². The molecule has 0 amide bonds. The van der Waals surface area contributed by atoms with Crippen molar-refractivity contribution in [2.45, 2.75) is 30.8 Å². The summed E-state index contributed by atoms with van der Waals surface area (Å²) in [6, 6.07) is 12.0. The van der Waals surface area contributed by atoms with Crippen LogP contribution in [0.15, 0.2) is 42.5 Å². The van der Waals surface area contributed by atoms with E-state index in [0.717, 1.165) is 27.8 Å². The summed E-state index contributed by atoms with van der Waals surface area (Å²) < 4.78 is 40.6. The molecule has 2 fully saturated rings. The van der Waals surface area contributed by atoms with E-state index in [9.17, 15) is 13.5 Å². The number of fused-ring (bicyclic) bond motifs is 2. The van der Waals surface area contributed by atoms with Crippen LogP contribution in [0.5, 0.6) is 6.01 Å². The number of benzene rings is 2. The molecule has 3 aromatic rings. The van der Waals surface area contributed by atoms with Crippen LogP contribution in [0.2, 0.25) is 5.02 Å². The summed E-state index contributed by atoms with van der Waals surface area (Å²) in [7, 11) is -2.95. The zero-order chi connectivity index (χ0) is 23.4. The third-order valence-electron chi connectivity index (χ3n) is 6.63. The van der Waals surface area contributed by atoms with Gasteiger partial charge in [-0.3, -0.25) is 0 Å². The van der Waals surface area contributed by atoms with Crippen LogP contribution in [0.25, 0.3) is 27.7 Å². The number of nitrogens with zero attached hydrogens (tertiary/aromatic N) is 1. The van der Waals surface area contributed by atoms with Crippen LogP contribution in [0.4, 0.5) is 0 Å². The fraction of sp³-hybridized carbons (Fsp3) is 0.375. The quantitative estimate of drug-likeness (QED) is 0.564. The first kappa shape index (κ1) is 22.1. The van der Waals surface area contributed by atoms with E-state index in [2.05, 4.69) is 9.97 Å². The Morgan fingerprint density at radius 1 is 1.09 bits per heavy atom. The minimum absolute atomic E-state index is 0.0945. The van der Waals surface area contributed by atoms with Crippen LogP contribution in [0.1, 0.15) is 12.0 Å². The summed E-state index contributed by atoms with van der Waals surface area (Å²) in [4.78, 5) is 7.71. The Balaban J connectivity index is 1.23. The summed E-state index contributed by atoms with van der Waals surface area (Å²) >= 11 is 6.59. The highest BCUT2D eigenvalue weighted by Crippen LogP contribution is 2.35. The van der Waals surface area contributed by atoms with E-state index in [0.29, 0.717) is 29.6 Å². The number of H-pyrrole nitrogens is 1. The lowest BCUT2D eigenvalue weighted by molar-refractivity contribution is 0.00706. The smallest absolute Gasteiger partial charge is 0.295 e. The number of halogens is 1. The van der Waals surface area contributed by atoms with Gasteiger partial charge >= 0.3 is 0 Å². The number of aromatic nitrogens is 2. The number of imidazole rings is 1. The van der Waals surface area contributed by atoms with Crippen LogP contribution >= 0.6 is 11.6 Å². The maximum atomic E-state index is 11.7. The Kier molecular flexibility index (Phi) is 5.42. The molecule has 0 aliphatic carbocycles. The Morgan fingerprint density at radius 3 is 2.62 bits per heavy atom. The second kappa shape index (κ2) is 8.35. The highest BCUT2D eigenvalue weighted by molar-refractivity contribution is 7.91. The summed E-state index contributed by atoms with van der Waals surface area (Å²) in [6.45, 7) is 0.563. The van der Waals surface area contributed by atoms with E-state index in [1.165, 1.54) is 0 Å². The predicted octanol–water partition coefficient (Wildman–Crippen LogP) is 2.99. The van der Waals surface area contributed by atoms with E-state index in [-0.39, 0.29) is 36.4 Å². The molecule has 8 nitrogen and oxygen atoms in total. The molecule has 1 aromatic heterocycles. The van der Waals surface area contributed by atoms with Crippen molar-refractivity contribution in [1.29, 1.82) is 0 Å². The first-order valence-corrected chi connectivity index (χ1v) is 13.3. The maximum absolute atomic E-state index is 11.7. The highest BCUT2D eigenvalue weighted by atomic mass is 35.5. The van der Waals surface area contributed by atoms with Gasteiger partial charge in [-0.1, -0.05) is 41.9 Å². The van der Waals surface area contributed by atoms with Crippen molar-refractivity contribution in [3.63, 3.8) is 0 Å². The van der Waals surface area contributed by atoms with Crippen LogP contribution in [0.3, 0.4) is 0 Å². The monoisotopic (exact) mass is 502 g/mol. The van der Waals surface area contributed by atoms with Crippen molar-refractivity contribution < 1.29 is 27.7 Å². The normalized spacial score (nSPS) is 28.1. The molecule has 2 N–H and O–H groups in total. The summed E-state index contributed by atoms with van der Waals surface area (Å²) in [5.74, 6) is 0.283. The van der Waals surface area contributed by atoms with Gasteiger partial charge in [-0.25, -0.2) is 8.42 Å². The molecule has 4 atom stereocenters. The van der Waals surface area contributed by atoms with E-state index in [1.54, 1.807) is 6.08 Å². The SMILES string of the molecule is O=S1(=O)CC=C(c2ccc(-c3cc4nc(O[C@@H]5CO[C@H]6[C@@H]5OC[C@H]6O)[nH]c4cc3Cl)cc2)CC1. The minimum Gasteiger partial charge on any atom is -0.456 e. The number of hydrogen-bond acceptors (Lipinski definition) is 7. The second-order valence-electron chi connectivity index (χ2n) is 8.88. The van der Waals surface area contributed by atoms with Gasteiger partial charge in [0.2, 0.25) is 0 Å². The average Bonchev–Trinajstić information content (AvgIpc) is 3.50. The minimum atomic E-state index is -2.95. The van der Waals surface area contributed by atoms with Gasteiger partial charge < -0.3 is 24.3 Å². The standard InChI is InChI=1S/C24H23ClN2O6S/c25-17-10-19-18(26-24(27-19)33-21-12-32-22-20(28)11-31-23(21)22)9-16(17)15-3-1-13(2-4-15)14-5-7-34(29,30)8-6-14/h1-5,9-10,20-23,28H,6-8,11-12H2,(H,26,27)/t20-,21-,22-,23-/m1/s1. The second-order valence-corrected chi connectivity index (χ2v) is 11.5. The molecule has 6 rings (SSSR count). The molecule has 0 radical (unpaired) electrons. The number of aliphatic hydroxyl groups excluding tert-OH is 1. The fourth-order valence-electron chi connectivity index (χ4n) is 4.78. The zero-order valence-electron chi connectivity index (χ0n) is 18.1. The molecule has 2 saturated heterocycles. The molecular formula is C24H23ClN2O6S. The molecular weight excluding hydrogens is 480 g/mol. The van der Waals surface area contributed by atoms with Crippen molar-refractivity contribution in [3.8, 4) is 17.1 Å². The summed E-state index contributed by atoms with van der Waals surface area (Å²) in [5.41, 5.74) is 5.30. The van der Waals surface area contributed by atoms with Crippen molar-refractivity contribution in [1.82, 2.24) is 9.97 Å². The Morgan fingerprint density at radius 2 is 1.85 bits per heavy atom. The first-order chi connectivity index (χ1) is 16.4. The van der Waals surface area contributed by atoms with Gasteiger partial charge in [0.05, 0.1) is 40.8 Å². The van der Waals surface area contributed by atoms with E-state index >= 15 is 0 Å². The molecule has 3 aliphatic rings. The number of hydrogen-bond donors (Lipinski definition) is 2. The third-order valence-corrected chi connectivity index (χ3v) is 8.44. The molecule has 3 aliphatic heterocycles. The van der Waals surface area contributed by atoms with Gasteiger partial charge in [0.1, 0.15) is 18.3 Å². The molecule has 0 saturated carbocycles.